The Morgan fingerprint density at radius 1 is 1.09 bits per heavy atom. The van der Waals surface area contributed by atoms with Gasteiger partial charge < -0.3 is 23.9 Å². The number of hydrogen-bond donors (Lipinski definition) is 1. The van der Waals surface area contributed by atoms with Crippen LogP contribution in [0.2, 0.25) is 0 Å². The average Bonchev–Trinajstić information content (AvgIpc) is 3.53. The molecule has 1 fully saturated rings. The molecular weight excluding hydrogens is 448 g/mol. The van der Waals surface area contributed by atoms with Gasteiger partial charge in [0.1, 0.15) is 11.5 Å². The van der Waals surface area contributed by atoms with Gasteiger partial charge in [-0.05, 0) is 38.0 Å². The summed E-state index contributed by atoms with van der Waals surface area (Å²) in [7, 11) is 0. The van der Waals surface area contributed by atoms with Gasteiger partial charge in [-0.25, -0.2) is 4.98 Å². The number of nitrogens with zero attached hydrogens (tertiary/aromatic N) is 2. The summed E-state index contributed by atoms with van der Waals surface area (Å²) in [6.07, 6.45) is 3.34. The first kappa shape index (κ1) is 24.5. The molecule has 1 aliphatic rings. The molecule has 2 atom stereocenters. The average molecular weight is 479 g/mol. The van der Waals surface area contributed by atoms with Crippen molar-refractivity contribution in [2.24, 2.45) is 0 Å². The van der Waals surface area contributed by atoms with Crippen LogP contribution in [-0.4, -0.2) is 58.6 Å². The van der Waals surface area contributed by atoms with E-state index >= 15 is 0 Å². The van der Waals surface area contributed by atoms with Crippen molar-refractivity contribution in [3.05, 3.63) is 66.2 Å². The molecular formula is C27H30N2O6. The summed E-state index contributed by atoms with van der Waals surface area (Å²) in [6.45, 7) is 4.74. The second-order valence-corrected chi connectivity index (χ2v) is 8.45. The summed E-state index contributed by atoms with van der Waals surface area (Å²) >= 11 is 0. The molecule has 0 bridgehead atoms. The maximum absolute atomic E-state index is 13.4. The summed E-state index contributed by atoms with van der Waals surface area (Å²) in [4.78, 5) is 31.9. The summed E-state index contributed by atoms with van der Waals surface area (Å²) in [5.74, 6) is 1.35. The Bertz CT molecular complexity index is 1120. The van der Waals surface area contributed by atoms with Gasteiger partial charge in [-0.3, -0.25) is 9.59 Å². The van der Waals surface area contributed by atoms with Gasteiger partial charge in [0.2, 0.25) is 0 Å². The van der Waals surface area contributed by atoms with Crippen LogP contribution in [0.4, 0.5) is 0 Å². The molecule has 8 heteroatoms. The number of aryl methyl sites for hydroxylation is 1. The Labute approximate surface area is 204 Å². The van der Waals surface area contributed by atoms with Crippen LogP contribution in [0.3, 0.4) is 0 Å². The van der Waals surface area contributed by atoms with Gasteiger partial charge in [0.25, 0.3) is 5.91 Å². The molecule has 2 aromatic carbocycles. The molecule has 1 amide bonds. The molecule has 1 aliphatic heterocycles. The third-order valence-corrected chi connectivity index (χ3v) is 5.99. The first-order chi connectivity index (χ1) is 17.0. The van der Waals surface area contributed by atoms with E-state index in [2.05, 4.69) is 4.98 Å². The number of carbonyl (C=O) groups excluding carboxylic acids is 2. The third kappa shape index (κ3) is 5.89. The number of amides is 1. The van der Waals surface area contributed by atoms with E-state index in [0.29, 0.717) is 42.5 Å². The number of Topliss-reactive ketones (excluding diaryl/α,β-unsaturated/α-hetero) is 1. The van der Waals surface area contributed by atoms with E-state index in [4.69, 9.17) is 13.9 Å². The Balaban J connectivity index is 1.44. The highest BCUT2D eigenvalue weighted by molar-refractivity contribution is 5.99. The van der Waals surface area contributed by atoms with E-state index in [1.165, 1.54) is 11.3 Å². The Morgan fingerprint density at radius 2 is 1.77 bits per heavy atom. The normalized spacial score (nSPS) is 17.4. The van der Waals surface area contributed by atoms with E-state index in [0.717, 1.165) is 11.1 Å². The van der Waals surface area contributed by atoms with Crippen LogP contribution in [0.25, 0.3) is 11.3 Å². The minimum atomic E-state index is -0.740. The van der Waals surface area contributed by atoms with Crippen molar-refractivity contribution in [3.8, 4) is 22.8 Å². The highest BCUT2D eigenvalue weighted by atomic mass is 16.5. The zero-order chi connectivity index (χ0) is 24.8. The van der Waals surface area contributed by atoms with Crippen molar-refractivity contribution in [1.29, 1.82) is 0 Å². The molecule has 0 aliphatic carbocycles. The van der Waals surface area contributed by atoms with Crippen LogP contribution < -0.4 is 9.47 Å². The molecule has 184 valence electrons. The van der Waals surface area contributed by atoms with Gasteiger partial charge in [-0.15, -0.1) is 0 Å². The van der Waals surface area contributed by atoms with Crippen molar-refractivity contribution < 1.29 is 28.6 Å². The fraction of sp³-hybridized carbons (Fsp3) is 0.370. The fourth-order valence-electron chi connectivity index (χ4n) is 4.33. The van der Waals surface area contributed by atoms with Gasteiger partial charge in [0.05, 0.1) is 31.6 Å². The quantitative estimate of drug-likeness (QED) is 0.471. The van der Waals surface area contributed by atoms with E-state index < -0.39 is 12.1 Å². The van der Waals surface area contributed by atoms with Crippen molar-refractivity contribution in [1.82, 2.24) is 9.88 Å². The van der Waals surface area contributed by atoms with Gasteiger partial charge in [-0.2, -0.15) is 0 Å². The first-order valence-corrected chi connectivity index (χ1v) is 11.9. The predicted molar refractivity (Wildman–Crippen MR) is 129 cm³/mol. The number of aliphatic hydroxyl groups is 1. The largest absolute Gasteiger partial charge is 0.494 e. The minimum Gasteiger partial charge on any atom is -0.494 e. The zero-order valence-electron chi connectivity index (χ0n) is 20.0. The summed E-state index contributed by atoms with van der Waals surface area (Å²) in [5, 5.41) is 10.3. The minimum absolute atomic E-state index is 0.0693. The van der Waals surface area contributed by atoms with Crippen LogP contribution >= 0.6 is 0 Å². The Kier molecular flexibility index (Phi) is 7.82. The second kappa shape index (κ2) is 11.2. The van der Waals surface area contributed by atoms with Crippen LogP contribution in [0.5, 0.6) is 11.5 Å². The van der Waals surface area contributed by atoms with Crippen molar-refractivity contribution >= 4 is 11.7 Å². The van der Waals surface area contributed by atoms with E-state index in [-0.39, 0.29) is 31.1 Å². The molecule has 3 aromatic rings. The number of likely N-dealkylation sites (tertiary alicyclic amines) is 1. The number of β-amino-alcohol motifs (C(OH)–C–C–N with tert-alkyl or cyclic N) is 1. The maximum atomic E-state index is 13.4. The number of benzene rings is 2. The summed E-state index contributed by atoms with van der Waals surface area (Å²) in [5.41, 5.74) is 2.28. The number of rotatable bonds is 10. The number of aliphatic hydroxyl groups excluding tert-OH is 1. The maximum Gasteiger partial charge on any atom is 0.254 e. The Morgan fingerprint density at radius 3 is 2.37 bits per heavy atom. The molecule has 8 nitrogen and oxygen atoms in total. The third-order valence-electron chi connectivity index (χ3n) is 5.99. The second-order valence-electron chi connectivity index (χ2n) is 8.45. The van der Waals surface area contributed by atoms with Gasteiger partial charge in [0, 0.05) is 36.6 Å². The fourth-order valence-corrected chi connectivity index (χ4v) is 4.33. The van der Waals surface area contributed by atoms with Crippen LogP contribution in [0, 0.1) is 0 Å². The zero-order valence-corrected chi connectivity index (χ0v) is 20.0. The van der Waals surface area contributed by atoms with Crippen LogP contribution in [0.15, 0.2) is 59.5 Å². The van der Waals surface area contributed by atoms with Crippen molar-refractivity contribution in [2.75, 3.05) is 19.8 Å². The molecule has 0 saturated carbocycles. The van der Waals surface area contributed by atoms with Crippen molar-refractivity contribution in [2.45, 2.75) is 45.3 Å². The number of ketones is 1. The number of carbonyl (C=O) groups is 2. The molecule has 0 spiro atoms. The smallest absolute Gasteiger partial charge is 0.254 e. The van der Waals surface area contributed by atoms with Gasteiger partial charge >= 0.3 is 0 Å². The standard InChI is InChI=1S/C27H30N2O6/c1-3-33-22-11-20(12-23(14-22)34-4-2)27(32)29-16-21(30)13-24(29)25(31)10-7-18-5-8-19(9-6-18)26-15-28-17-35-26/h5-6,8-9,11-12,14-15,17,21,24,30H,3-4,7,10,13,16H2,1-2H3/t21-,24+/m1/s1. The molecule has 0 unspecified atom stereocenters. The van der Waals surface area contributed by atoms with Crippen LogP contribution in [-0.2, 0) is 11.2 Å². The van der Waals surface area contributed by atoms with Gasteiger partial charge in [0.15, 0.2) is 17.9 Å². The Hall–Kier alpha value is -3.65. The molecule has 0 radical (unpaired) electrons. The van der Waals surface area contributed by atoms with Crippen LogP contribution in [0.1, 0.15) is 42.6 Å². The first-order valence-electron chi connectivity index (χ1n) is 11.9. The number of hydrogen-bond acceptors (Lipinski definition) is 7. The van der Waals surface area contributed by atoms with E-state index in [1.54, 1.807) is 24.4 Å². The molecule has 1 N–H and O–H groups in total. The van der Waals surface area contributed by atoms with E-state index in [1.807, 2.05) is 38.1 Å². The van der Waals surface area contributed by atoms with Crippen molar-refractivity contribution in [3.63, 3.8) is 0 Å². The molecule has 1 saturated heterocycles. The monoisotopic (exact) mass is 478 g/mol. The molecule has 4 rings (SSSR count). The molecule has 35 heavy (non-hydrogen) atoms. The number of ether oxygens (including phenoxy) is 2. The molecule has 1 aromatic heterocycles. The highest BCUT2D eigenvalue weighted by Gasteiger charge is 2.38. The predicted octanol–water partition coefficient (Wildman–Crippen LogP) is 3.92. The highest BCUT2D eigenvalue weighted by Crippen LogP contribution is 2.28. The lowest BCUT2D eigenvalue weighted by atomic mass is 10.00. The lowest BCUT2D eigenvalue weighted by Crippen LogP contribution is -2.40. The summed E-state index contributed by atoms with van der Waals surface area (Å²) < 4.78 is 16.5. The summed E-state index contributed by atoms with van der Waals surface area (Å²) in [6, 6.07) is 12.1. The lowest BCUT2D eigenvalue weighted by Gasteiger charge is -2.24. The van der Waals surface area contributed by atoms with Gasteiger partial charge in [-0.1, -0.05) is 24.3 Å². The van der Waals surface area contributed by atoms with E-state index in [9.17, 15) is 14.7 Å². The SMILES string of the molecule is CCOc1cc(OCC)cc(C(=O)N2C[C@H](O)C[C@H]2C(=O)CCc2ccc(-c3cnco3)cc2)c1. The number of aromatic nitrogens is 1. The number of oxazole rings is 1. The molecule has 2 heterocycles. The topological polar surface area (TPSA) is 102 Å². The lowest BCUT2D eigenvalue weighted by molar-refractivity contribution is -0.122.